The maximum absolute atomic E-state index is 12.1. The number of thioether (sulfide) groups is 1. The van der Waals surface area contributed by atoms with Crippen molar-refractivity contribution in [2.75, 3.05) is 18.1 Å². The molecule has 0 fully saturated rings. The van der Waals surface area contributed by atoms with Crippen LogP contribution in [0.3, 0.4) is 0 Å². The Morgan fingerprint density at radius 2 is 1.71 bits per heavy atom. The Morgan fingerprint density at radius 1 is 1.08 bits per heavy atom. The summed E-state index contributed by atoms with van der Waals surface area (Å²) in [7, 11) is -3.65. The van der Waals surface area contributed by atoms with E-state index in [4.69, 9.17) is 11.6 Å². The maximum Gasteiger partial charge on any atom is 0.240 e. The normalized spacial score (nSPS) is 11.2. The van der Waals surface area contributed by atoms with E-state index >= 15 is 0 Å². The molecule has 128 valence electrons. The van der Waals surface area contributed by atoms with Crippen molar-refractivity contribution in [2.24, 2.45) is 0 Å². The number of halogens is 1. The number of carbonyl (C=O) groups is 1. The second-order valence-corrected chi connectivity index (χ2v) is 7.96. The summed E-state index contributed by atoms with van der Waals surface area (Å²) in [6, 6.07) is 13.3. The van der Waals surface area contributed by atoms with E-state index in [1.165, 1.54) is 24.3 Å². The minimum absolute atomic E-state index is 0.0136. The zero-order chi connectivity index (χ0) is 17.6. The number of hydrogen-bond donors (Lipinski definition) is 2. The molecule has 2 rings (SSSR count). The van der Waals surface area contributed by atoms with Crippen molar-refractivity contribution in [1.29, 1.82) is 0 Å². The number of rotatable bonds is 7. The lowest BCUT2D eigenvalue weighted by Crippen LogP contribution is -2.27. The molecule has 0 atom stereocenters. The van der Waals surface area contributed by atoms with Crippen molar-refractivity contribution >= 4 is 45.0 Å². The quantitative estimate of drug-likeness (QED) is 0.717. The van der Waals surface area contributed by atoms with Crippen LogP contribution in [0.2, 0.25) is 5.02 Å². The van der Waals surface area contributed by atoms with E-state index in [1.807, 2.05) is 30.5 Å². The molecule has 0 aliphatic rings. The molecule has 5 nitrogen and oxygen atoms in total. The lowest BCUT2D eigenvalue weighted by molar-refractivity contribution is -0.116. The Kier molecular flexibility index (Phi) is 6.68. The molecular weight excluding hydrogens is 368 g/mol. The molecule has 2 N–H and O–H groups in total. The Morgan fingerprint density at radius 3 is 2.29 bits per heavy atom. The fourth-order valence-corrected chi connectivity index (χ4v) is 3.46. The van der Waals surface area contributed by atoms with Crippen molar-refractivity contribution in [2.45, 2.75) is 16.2 Å². The first kappa shape index (κ1) is 18.8. The van der Waals surface area contributed by atoms with Gasteiger partial charge in [-0.2, -0.15) is 0 Å². The third-order valence-electron chi connectivity index (χ3n) is 3.14. The molecule has 0 spiro atoms. The monoisotopic (exact) mass is 384 g/mol. The third kappa shape index (κ3) is 5.52. The highest BCUT2D eigenvalue weighted by Gasteiger charge is 2.14. The van der Waals surface area contributed by atoms with Gasteiger partial charge in [0.15, 0.2) is 0 Å². The van der Waals surface area contributed by atoms with Gasteiger partial charge in [-0.1, -0.05) is 11.6 Å². The van der Waals surface area contributed by atoms with Gasteiger partial charge >= 0.3 is 0 Å². The van der Waals surface area contributed by atoms with E-state index in [-0.39, 0.29) is 23.8 Å². The topological polar surface area (TPSA) is 75.3 Å². The fraction of sp³-hybridized carbons (Fsp3) is 0.188. The highest BCUT2D eigenvalue weighted by Crippen LogP contribution is 2.17. The SMILES string of the molecule is CSc1ccc(NC(=O)CCNS(=O)(=O)c2ccc(Cl)cc2)cc1. The van der Waals surface area contributed by atoms with E-state index in [9.17, 15) is 13.2 Å². The molecule has 0 heterocycles. The minimum Gasteiger partial charge on any atom is -0.326 e. The van der Waals surface area contributed by atoms with E-state index in [1.54, 1.807) is 11.8 Å². The predicted molar refractivity (Wildman–Crippen MR) is 98.1 cm³/mol. The largest absolute Gasteiger partial charge is 0.326 e. The number of anilines is 1. The first-order valence-electron chi connectivity index (χ1n) is 7.10. The van der Waals surface area contributed by atoms with Gasteiger partial charge in [0.05, 0.1) is 4.90 Å². The standard InChI is InChI=1S/C16H17ClN2O3S2/c1-23-14-6-4-13(5-7-14)19-16(20)10-11-18-24(21,22)15-8-2-12(17)3-9-15/h2-9,18H,10-11H2,1H3,(H,19,20). The fourth-order valence-electron chi connectivity index (χ4n) is 1.89. The van der Waals surface area contributed by atoms with Gasteiger partial charge in [-0.15, -0.1) is 11.8 Å². The van der Waals surface area contributed by atoms with E-state index in [0.717, 1.165) is 4.90 Å². The Balaban J connectivity index is 1.84. The molecule has 0 unspecified atom stereocenters. The number of amides is 1. The van der Waals surface area contributed by atoms with Crippen LogP contribution in [-0.2, 0) is 14.8 Å². The summed E-state index contributed by atoms with van der Waals surface area (Å²) < 4.78 is 26.5. The third-order valence-corrected chi connectivity index (χ3v) is 5.61. The van der Waals surface area contributed by atoms with Crippen LogP contribution in [0.4, 0.5) is 5.69 Å². The summed E-state index contributed by atoms with van der Waals surface area (Å²) in [4.78, 5) is 13.1. The number of nitrogens with one attached hydrogen (secondary N) is 2. The zero-order valence-corrected chi connectivity index (χ0v) is 15.3. The minimum atomic E-state index is -3.65. The van der Waals surface area contributed by atoms with Crippen LogP contribution in [0.5, 0.6) is 0 Å². The van der Waals surface area contributed by atoms with Crippen molar-refractivity contribution in [3.63, 3.8) is 0 Å². The molecule has 0 aliphatic heterocycles. The van der Waals surface area contributed by atoms with Crippen LogP contribution in [0.25, 0.3) is 0 Å². The van der Waals surface area contributed by atoms with Gasteiger partial charge < -0.3 is 5.32 Å². The molecular formula is C16H17ClN2O3S2. The second-order valence-electron chi connectivity index (χ2n) is 4.88. The van der Waals surface area contributed by atoms with E-state index < -0.39 is 10.0 Å². The van der Waals surface area contributed by atoms with Gasteiger partial charge in [0, 0.05) is 28.6 Å². The van der Waals surface area contributed by atoms with Crippen molar-refractivity contribution in [1.82, 2.24) is 4.72 Å². The van der Waals surface area contributed by atoms with E-state index in [2.05, 4.69) is 10.0 Å². The molecule has 2 aromatic carbocycles. The first-order chi connectivity index (χ1) is 11.4. The van der Waals surface area contributed by atoms with Gasteiger partial charge in [0.2, 0.25) is 15.9 Å². The molecule has 0 bridgehead atoms. The highest BCUT2D eigenvalue weighted by atomic mass is 35.5. The molecule has 2 aromatic rings. The molecule has 0 saturated heterocycles. The smallest absolute Gasteiger partial charge is 0.240 e. The summed E-state index contributed by atoms with van der Waals surface area (Å²) in [5.41, 5.74) is 0.679. The Hall–Kier alpha value is -1.54. The molecule has 8 heteroatoms. The van der Waals surface area contributed by atoms with Gasteiger partial charge in [-0.25, -0.2) is 13.1 Å². The van der Waals surface area contributed by atoms with Crippen LogP contribution in [0.15, 0.2) is 58.3 Å². The average molecular weight is 385 g/mol. The van der Waals surface area contributed by atoms with Gasteiger partial charge in [-0.3, -0.25) is 4.79 Å². The number of carbonyl (C=O) groups excluding carboxylic acids is 1. The predicted octanol–water partition coefficient (Wildman–Crippen LogP) is 3.37. The Labute approximate surface area is 150 Å². The van der Waals surface area contributed by atoms with Crippen LogP contribution >= 0.6 is 23.4 Å². The molecule has 0 radical (unpaired) electrons. The van der Waals surface area contributed by atoms with Crippen LogP contribution in [-0.4, -0.2) is 27.1 Å². The molecule has 1 amide bonds. The lowest BCUT2D eigenvalue weighted by atomic mass is 10.3. The lowest BCUT2D eigenvalue weighted by Gasteiger charge is -2.08. The summed E-state index contributed by atoms with van der Waals surface area (Å²) >= 11 is 7.35. The summed E-state index contributed by atoms with van der Waals surface area (Å²) in [6.45, 7) is 0.0136. The second kappa shape index (κ2) is 8.53. The van der Waals surface area contributed by atoms with Gasteiger partial charge in [-0.05, 0) is 54.8 Å². The van der Waals surface area contributed by atoms with Crippen molar-refractivity contribution < 1.29 is 13.2 Å². The number of hydrogen-bond acceptors (Lipinski definition) is 4. The van der Waals surface area contributed by atoms with Crippen molar-refractivity contribution in [3.05, 3.63) is 53.6 Å². The van der Waals surface area contributed by atoms with Crippen LogP contribution < -0.4 is 10.0 Å². The molecule has 24 heavy (non-hydrogen) atoms. The van der Waals surface area contributed by atoms with Crippen molar-refractivity contribution in [3.8, 4) is 0 Å². The van der Waals surface area contributed by atoms with E-state index in [0.29, 0.717) is 10.7 Å². The van der Waals surface area contributed by atoms with Crippen LogP contribution in [0.1, 0.15) is 6.42 Å². The number of benzene rings is 2. The first-order valence-corrected chi connectivity index (χ1v) is 10.2. The number of sulfonamides is 1. The summed E-state index contributed by atoms with van der Waals surface area (Å²) in [5, 5.41) is 3.19. The highest BCUT2D eigenvalue weighted by molar-refractivity contribution is 7.98. The molecule has 0 aliphatic carbocycles. The summed E-state index contributed by atoms with van der Waals surface area (Å²) in [6.07, 6.45) is 2.01. The van der Waals surface area contributed by atoms with Gasteiger partial charge in [0.25, 0.3) is 0 Å². The summed E-state index contributed by atoms with van der Waals surface area (Å²) in [5.74, 6) is -0.259. The maximum atomic E-state index is 12.1. The molecule has 0 aromatic heterocycles. The van der Waals surface area contributed by atoms with Gasteiger partial charge in [0.1, 0.15) is 0 Å². The average Bonchev–Trinajstić information content (AvgIpc) is 2.56. The molecule has 0 saturated carbocycles. The zero-order valence-electron chi connectivity index (χ0n) is 13.0. The van der Waals surface area contributed by atoms with Crippen LogP contribution in [0, 0.1) is 0 Å². The Bertz CT molecular complexity index is 791.